The van der Waals surface area contributed by atoms with E-state index in [-0.39, 0.29) is 0 Å². The molecule has 0 radical (unpaired) electrons. The molecule has 0 bridgehead atoms. The molecule has 3 unspecified atom stereocenters. The van der Waals surface area contributed by atoms with Crippen molar-refractivity contribution in [1.29, 1.82) is 0 Å². The minimum atomic E-state index is 0.697. The number of hydrazine groups is 1. The predicted octanol–water partition coefficient (Wildman–Crippen LogP) is 2.18. The smallest absolute Gasteiger partial charge is 0.131 e. The highest BCUT2D eigenvalue weighted by Crippen LogP contribution is 2.38. The van der Waals surface area contributed by atoms with Crippen LogP contribution in [0.5, 0.6) is 0 Å². The van der Waals surface area contributed by atoms with Gasteiger partial charge in [-0.25, -0.2) is 5.01 Å². The van der Waals surface area contributed by atoms with Crippen LogP contribution in [0.25, 0.3) is 0 Å². The summed E-state index contributed by atoms with van der Waals surface area (Å²) in [6, 6.07) is 0.697. The molecule has 1 aliphatic heterocycles. The van der Waals surface area contributed by atoms with E-state index in [0.717, 1.165) is 24.1 Å². The van der Waals surface area contributed by atoms with Crippen LogP contribution < -0.4 is 5.84 Å². The Morgan fingerprint density at radius 2 is 1.93 bits per heavy atom. The molecular formula is C12H25BN2. The van der Waals surface area contributed by atoms with E-state index in [2.05, 4.69) is 18.9 Å². The zero-order valence-electron chi connectivity index (χ0n) is 10.3. The Morgan fingerprint density at radius 1 is 1.20 bits per heavy atom. The lowest BCUT2D eigenvalue weighted by molar-refractivity contribution is 0.156. The van der Waals surface area contributed by atoms with E-state index < -0.39 is 0 Å². The number of fused-ring (bicyclic) bond motifs is 1. The second-order valence-corrected chi connectivity index (χ2v) is 5.90. The molecule has 2 fully saturated rings. The van der Waals surface area contributed by atoms with Gasteiger partial charge in [-0.2, -0.15) is 0 Å². The minimum Gasteiger partial charge on any atom is -0.269 e. The molecule has 1 heterocycles. The third-order valence-corrected chi connectivity index (χ3v) is 4.54. The van der Waals surface area contributed by atoms with Crippen molar-refractivity contribution in [1.82, 2.24) is 5.01 Å². The molecule has 86 valence electrons. The summed E-state index contributed by atoms with van der Waals surface area (Å²) in [5.74, 6) is 8.73. The Bertz CT molecular complexity index is 208. The van der Waals surface area contributed by atoms with Crippen molar-refractivity contribution in [2.45, 2.75) is 63.6 Å². The van der Waals surface area contributed by atoms with E-state index in [1.54, 1.807) is 0 Å². The molecule has 1 saturated heterocycles. The molecule has 3 atom stereocenters. The number of hydrogen-bond acceptors (Lipinski definition) is 2. The molecule has 0 amide bonds. The van der Waals surface area contributed by atoms with Crippen molar-refractivity contribution in [2.75, 3.05) is 6.54 Å². The third-order valence-electron chi connectivity index (χ3n) is 4.54. The molecule has 2 rings (SSSR count). The molecule has 0 aromatic heterocycles. The molecule has 2 N–H and O–H groups in total. The van der Waals surface area contributed by atoms with E-state index in [0.29, 0.717) is 6.04 Å². The zero-order chi connectivity index (χ0) is 10.8. The van der Waals surface area contributed by atoms with Crippen LogP contribution in [0.4, 0.5) is 0 Å². The van der Waals surface area contributed by atoms with Gasteiger partial charge in [-0.05, 0) is 24.0 Å². The lowest BCUT2D eigenvalue weighted by atomic mass is 9.46. The molecule has 1 saturated carbocycles. The summed E-state index contributed by atoms with van der Waals surface area (Å²) < 4.78 is 0. The largest absolute Gasteiger partial charge is 0.269 e. The van der Waals surface area contributed by atoms with Crippen molar-refractivity contribution in [3.63, 3.8) is 0 Å². The molecule has 3 heteroatoms. The molecule has 1 aliphatic carbocycles. The highest BCUT2D eigenvalue weighted by Gasteiger charge is 2.36. The average molecular weight is 208 g/mol. The summed E-state index contributed by atoms with van der Waals surface area (Å²) >= 11 is 0. The summed E-state index contributed by atoms with van der Waals surface area (Å²) in [6.45, 7) is 5.81. The van der Waals surface area contributed by atoms with E-state index in [1.807, 2.05) is 0 Å². The molecule has 0 spiro atoms. The standard InChI is InChI=1S/C12H25BN2/c1-9(2)11-8-15(14)12-7-5-3-4-6-10(12)13-11/h9-13H,3-8,14H2,1-2H3. The van der Waals surface area contributed by atoms with Gasteiger partial charge < -0.3 is 0 Å². The minimum absolute atomic E-state index is 0.697. The zero-order valence-corrected chi connectivity index (χ0v) is 10.3. The molecule has 0 aromatic rings. The number of nitrogens with two attached hydrogens (primary N) is 1. The Hall–Kier alpha value is -0.0151. The second-order valence-electron chi connectivity index (χ2n) is 5.90. The van der Waals surface area contributed by atoms with Gasteiger partial charge in [0.25, 0.3) is 0 Å². The maximum Gasteiger partial charge on any atom is 0.131 e. The Morgan fingerprint density at radius 3 is 2.67 bits per heavy atom. The predicted molar refractivity (Wildman–Crippen MR) is 67.3 cm³/mol. The maximum atomic E-state index is 6.22. The third kappa shape index (κ3) is 2.56. The van der Waals surface area contributed by atoms with E-state index in [4.69, 9.17) is 5.84 Å². The van der Waals surface area contributed by atoms with Gasteiger partial charge >= 0.3 is 0 Å². The lowest BCUT2D eigenvalue weighted by Gasteiger charge is -2.42. The van der Waals surface area contributed by atoms with Crippen molar-refractivity contribution in [3.05, 3.63) is 0 Å². The first-order valence-electron chi connectivity index (χ1n) is 6.70. The van der Waals surface area contributed by atoms with E-state index >= 15 is 0 Å². The van der Waals surface area contributed by atoms with Crippen molar-refractivity contribution >= 4 is 7.28 Å². The van der Waals surface area contributed by atoms with Gasteiger partial charge in [0.2, 0.25) is 0 Å². The fraction of sp³-hybridized carbons (Fsp3) is 1.00. The fourth-order valence-corrected chi connectivity index (χ4v) is 3.43. The van der Waals surface area contributed by atoms with Crippen LogP contribution in [-0.2, 0) is 0 Å². The molecular weight excluding hydrogens is 183 g/mol. The maximum absolute atomic E-state index is 6.22. The van der Waals surface area contributed by atoms with E-state index in [1.165, 1.54) is 39.4 Å². The summed E-state index contributed by atoms with van der Waals surface area (Å²) in [5.41, 5.74) is 0. The van der Waals surface area contributed by atoms with Crippen LogP contribution >= 0.6 is 0 Å². The van der Waals surface area contributed by atoms with Gasteiger partial charge in [-0.15, -0.1) is 0 Å². The quantitative estimate of drug-likeness (QED) is 0.528. The number of rotatable bonds is 1. The normalized spacial score (nSPS) is 38.3. The van der Waals surface area contributed by atoms with Crippen LogP contribution in [0.1, 0.15) is 46.0 Å². The van der Waals surface area contributed by atoms with Crippen LogP contribution in [0.15, 0.2) is 0 Å². The van der Waals surface area contributed by atoms with Gasteiger partial charge in [0.1, 0.15) is 7.28 Å². The number of nitrogens with zero attached hydrogens (tertiary/aromatic N) is 1. The lowest BCUT2D eigenvalue weighted by Crippen LogP contribution is -2.52. The van der Waals surface area contributed by atoms with Crippen molar-refractivity contribution in [2.24, 2.45) is 11.8 Å². The molecule has 0 aromatic carbocycles. The van der Waals surface area contributed by atoms with E-state index in [9.17, 15) is 0 Å². The van der Waals surface area contributed by atoms with Crippen LogP contribution in [-0.4, -0.2) is 24.9 Å². The van der Waals surface area contributed by atoms with Crippen molar-refractivity contribution in [3.8, 4) is 0 Å². The van der Waals surface area contributed by atoms with Crippen LogP contribution in [0.2, 0.25) is 11.6 Å². The number of hydrogen-bond donors (Lipinski definition) is 1. The summed E-state index contributed by atoms with van der Waals surface area (Å²) in [4.78, 5) is 0. The summed E-state index contributed by atoms with van der Waals surface area (Å²) in [6.07, 6.45) is 7.00. The first-order chi connectivity index (χ1) is 7.18. The topological polar surface area (TPSA) is 29.3 Å². The van der Waals surface area contributed by atoms with Gasteiger partial charge in [0.05, 0.1) is 0 Å². The molecule has 2 nitrogen and oxygen atoms in total. The average Bonchev–Trinajstić information content (AvgIpc) is 2.42. The Labute approximate surface area is 94.8 Å². The van der Waals surface area contributed by atoms with Gasteiger partial charge in [0.15, 0.2) is 0 Å². The summed E-state index contributed by atoms with van der Waals surface area (Å²) in [7, 11) is 1.43. The monoisotopic (exact) mass is 208 g/mol. The first kappa shape index (κ1) is 11.5. The Kier molecular flexibility index (Phi) is 3.73. The highest BCUT2D eigenvalue weighted by molar-refractivity contribution is 6.40. The Balaban J connectivity index is 2.02. The SMILES string of the molecule is CC(C)C1BC2CCCCCC2N(N)C1. The van der Waals surface area contributed by atoms with Crippen LogP contribution in [0, 0.1) is 5.92 Å². The van der Waals surface area contributed by atoms with Crippen LogP contribution in [0.3, 0.4) is 0 Å². The molecule has 2 aliphatic rings. The van der Waals surface area contributed by atoms with Gasteiger partial charge in [0, 0.05) is 12.6 Å². The van der Waals surface area contributed by atoms with Gasteiger partial charge in [-0.1, -0.05) is 39.5 Å². The van der Waals surface area contributed by atoms with Gasteiger partial charge in [-0.3, -0.25) is 5.84 Å². The molecule has 15 heavy (non-hydrogen) atoms. The first-order valence-corrected chi connectivity index (χ1v) is 6.70. The fourth-order valence-electron chi connectivity index (χ4n) is 3.43. The van der Waals surface area contributed by atoms with Crippen molar-refractivity contribution < 1.29 is 0 Å². The second kappa shape index (κ2) is 4.88. The summed E-state index contributed by atoms with van der Waals surface area (Å²) in [5, 5.41) is 2.17. The highest BCUT2D eigenvalue weighted by atomic mass is 15.4.